The van der Waals surface area contributed by atoms with Crippen LogP contribution >= 0.6 is 11.8 Å². The monoisotopic (exact) mass is 281 g/mol. The second-order valence-electron chi connectivity index (χ2n) is 5.00. The highest BCUT2D eigenvalue weighted by atomic mass is 32.2. The fourth-order valence-electron chi connectivity index (χ4n) is 1.81. The fraction of sp³-hybridized carbons (Fsp3) is 1.00. The highest BCUT2D eigenvalue weighted by molar-refractivity contribution is 8.00. The average molecular weight is 281 g/mol. The van der Waals surface area contributed by atoms with E-state index in [9.17, 15) is 8.42 Å². The van der Waals surface area contributed by atoms with Gasteiger partial charge in [-0.3, -0.25) is 0 Å². The molecule has 1 heterocycles. The van der Waals surface area contributed by atoms with Gasteiger partial charge in [0, 0.05) is 30.2 Å². The maximum atomic E-state index is 12.1. The van der Waals surface area contributed by atoms with Gasteiger partial charge in [-0.1, -0.05) is 13.8 Å². The second kappa shape index (κ2) is 6.41. The number of aliphatic hydroxyl groups is 1. The van der Waals surface area contributed by atoms with Gasteiger partial charge in [0.15, 0.2) is 0 Å². The van der Waals surface area contributed by atoms with Crippen LogP contribution in [0.25, 0.3) is 0 Å². The molecular weight excluding hydrogens is 258 g/mol. The van der Waals surface area contributed by atoms with Crippen molar-refractivity contribution < 1.29 is 13.5 Å². The third kappa shape index (κ3) is 5.16. The first-order valence-electron chi connectivity index (χ1n) is 6.10. The molecule has 0 aromatic rings. The van der Waals surface area contributed by atoms with Gasteiger partial charge in [0.1, 0.15) is 0 Å². The van der Waals surface area contributed by atoms with Gasteiger partial charge < -0.3 is 5.11 Å². The molecule has 0 aromatic heterocycles. The average Bonchev–Trinajstić information content (AvgIpc) is 2.40. The number of unbranched alkanes of at least 4 members (excludes halogenated alkanes) is 1. The van der Waals surface area contributed by atoms with Gasteiger partial charge in [-0.25, -0.2) is 12.7 Å². The SMILES string of the molecule is CC1(C)CCN(S(=O)(=O)CCCCO)CCS1. The zero-order valence-electron chi connectivity index (χ0n) is 10.7. The topological polar surface area (TPSA) is 57.6 Å². The molecule has 1 saturated heterocycles. The molecular formula is C11H23NO3S2. The standard InChI is InChI=1S/C11H23NO3S2/c1-11(2)5-6-12(7-9-16-11)17(14,15)10-4-3-8-13/h13H,3-10H2,1-2H3. The molecule has 4 nitrogen and oxygen atoms in total. The Morgan fingerprint density at radius 3 is 2.65 bits per heavy atom. The summed E-state index contributed by atoms with van der Waals surface area (Å²) in [5, 5.41) is 8.68. The van der Waals surface area contributed by atoms with Gasteiger partial charge in [0.25, 0.3) is 0 Å². The molecule has 0 aromatic carbocycles. The van der Waals surface area contributed by atoms with Gasteiger partial charge in [0.2, 0.25) is 10.0 Å². The lowest BCUT2D eigenvalue weighted by molar-refractivity contribution is 0.287. The van der Waals surface area contributed by atoms with Gasteiger partial charge in [-0.05, 0) is 19.3 Å². The Hall–Kier alpha value is 0.220. The molecule has 0 spiro atoms. The second-order valence-corrected chi connectivity index (χ2v) is 8.89. The molecule has 0 radical (unpaired) electrons. The minimum Gasteiger partial charge on any atom is -0.396 e. The minimum absolute atomic E-state index is 0.0679. The zero-order valence-corrected chi connectivity index (χ0v) is 12.3. The van der Waals surface area contributed by atoms with E-state index in [2.05, 4.69) is 13.8 Å². The lowest BCUT2D eigenvalue weighted by Crippen LogP contribution is -2.35. The number of aliphatic hydroxyl groups excluding tert-OH is 1. The van der Waals surface area contributed by atoms with E-state index in [4.69, 9.17) is 5.11 Å². The highest BCUT2D eigenvalue weighted by Crippen LogP contribution is 2.31. The quantitative estimate of drug-likeness (QED) is 0.772. The van der Waals surface area contributed by atoms with Gasteiger partial charge in [0.05, 0.1) is 5.75 Å². The summed E-state index contributed by atoms with van der Waals surface area (Å²) in [5.74, 6) is 1.03. The number of nitrogens with zero attached hydrogens (tertiary/aromatic N) is 1. The Morgan fingerprint density at radius 2 is 2.00 bits per heavy atom. The maximum Gasteiger partial charge on any atom is 0.214 e. The van der Waals surface area contributed by atoms with Crippen LogP contribution in [0.3, 0.4) is 0 Å². The van der Waals surface area contributed by atoms with E-state index < -0.39 is 10.0 Å². The molecule has 1 rings (SSSR count). The normalized spacial score (nSPS) is 22.3. The summed E-state index contributed by atoms with van der Waals surface area (Å²) in [6.45, 7) is 5.65. The lowest BCUT2D eigenvalue weighted by Gasteiger charge is -2.22. The lowest BCUT2D eigenvalue weighted by atomic mass is 10.1. The van der Waals surface area contributed by atoms with Crippen LogP contribution in [0.2, 0.25) is 0 Å². The zero-order chi connectivity index (χ0) is 12.9. The van der Waals surface area contributed by atoms with Crippen LogP contribution in [-0.4, -0.2) is 53.8 Å². The van der Waals surface area contributed by atoms with E-state index in [1.165, 1.54) is 0 Å². The van der Waals surface area contributed by atoms with Crippen LogP contribution in [0.15, 0.2) is 0 Å². The van der Waals surface area contributed by atoms with Gasteiger partial charge in [-0.15, -0.1) is 0 Å². The van der Waals surface area contributed by atoms with E-state index in [-0.39, 0.29) is 17.1 Å². The number of rotatable bonds is 5. The van der Waals surface area contributed by atoms with Gasteiger partial charge in [-0.2, -0.15) is 11.8 Å². The molecule has 1 aliphatic heterocycles. The van der Waals surface area contributed by atoms with Crippen molar-refractivity contribution in [2.75, 3.05) is 31.2 Å². The predicted octanol–water partition coefficient (Wildman–Crippen LogP) is 1.31. The van der Waals surface area contributed by atoms with Crippen LogP contribution < -0.4 is 0 Å². The number of hydrogen-bond donors (Lipinski definition) is 1. The summed E-state index contributed by atoms with van der Waals surface area (Å²) in [5.41, 5.74) is 0. The van der Waals surface area contributed by atoms with Crippen molar-refractivity contribution in [1.29, 1.82) is 0 Å². The summed E-state index contributed by atoms with van der Waals surface area (Å²) < 4.78 is 25.9. The predicted molar refractivity (Wildman–Crippen MR) is 72.8 cm³/mol. The summed E-state index contributed by atoms with van der Waals surface area (Å²) in [4.78, 5) is 0. The molecule has 17 heavy (non-hydrogen) atoms. The molecule has 6 heteroatoms. The van der Waals surface area contributed by atoms with Crippen molar-refractivity contribution in [3.8, 4) is 0 Å². The highest BCUT2D eigenvalue weighted by Gasteiger charge is 2.29. The van der Waals surface area contributed by atoms with Crippen LogP contribution in [0, 0.1) is 0 Å². The van der Waals surface area contributed by atoms with Crippen LogP contribution in [0.5, 0.6) is 0 Å². The Morgan fingerprint density at radius 1 is 1.29 bits per heavy atom. The molecule has 0 saturated carbocycles. The Bertz CT molecular complexity index is 328. The third-order valence-electron chi connectivity index (χ3n) is 3.00. The number of thioether (sulfide) groups is 1. The van der Waals surface area contributed by atoms with E-state index >= 15 is 0 Å². The van der Waals surface area contributed by atoms with Crippen molar-refractivity contribution in [1.82, 2.24) is 4.31 Å². The first-order valence-corrected chi connectivity index (χ1v) is 8.69. The molecule has 1 N–H and O–H groups in total. The third-order valence-corrected chi connectivity index (χ3v) is 6.33. The molecule has 0 atom stereocenters. The minimum atomic E-state index is -3.12. The first-order chi connectivity index (χ1) is 7.87. The molecule has 1 aliphatic rings. The van der Waals surface area contributed by atoms with Crippen molar-refractivity contribution in [3.05, 3.63) is 0 Å². The molecule has 102 valence electrons. The van der Waals surface area contributed by atoms with Crippen molar-refractivity contribution in [2.45, 2.75) is 37.9 Å². The van der Waals surface area contributed by atoms with Crippen molar-refractivity contribution >= 4 is 21.8 Å². The summed E-state index contributed by atoms with van der Waals surface area (Å²) in [6, 6.07) is 0. The van der Waals surface area contributed by atoms with Crippen LogP contribution in [-0.2, 0) is 10.0 Å². The van der Waals surface area contributed by atoms with Crippen LogP contribution in [0.4, 0.5) is 0 Å². The van der Waals surface area contributed by atoms with E-state index in [1.54, 1.807) is 4.31 Å². The number of sulfonamides is 1. The van der Waals surface area contributed by atoms with E-state index in [1.807, 2.05) is 11.8 Å². The Kier molecular flexibility index (Phi) is 5.76. The van der Waals surface area contributed by atoms with Gasteiger partial charge >= 0.3 is 0 Å². The Balaban J connectivity index is 2.54. The molecule has 0 amide bonds. The smallest absolute Gasteiger partial charge is 0.214 e. The summed E-state index contributed by atoms with van der Waals surface area (Å²) in [6.07, 6.45) is 2.01. The fourth-order valence-corrected chi connectivity index (χ4v) is 4.59. The summed E-state index contributed by atoms with van der Waals surface area (Å²) in [7, 11) is -3.12. The van der Waals surface area contributed by atoms with Crippen molar-refractivity contribution in [2.24, 2.45) is 0 Å². The van der Waals surface area contributed by atoms with E-state index in [0.717, 1.165) is 12.2 Å². The first kappa shape index (κ1) is 15.3. The largest absolute Gasteiger partial charge is 0.396 e. The summed E-state index contributed by atoms with van der Waals surface area (Å²) >= 11 is 1.84. The molecule has 0 aliphatic carbocycles. The van der Waals surface area contributed by atoms with Crippen LogP contribution in [0.1, 0.15) is 33.1 Å². The molecule has 0 unspecified atom stereocenters. The number of hydrogen-bond acceptors (Lipinski definition) is 4. The Labute approximate surface area is 109 Å². The van der Waals surface area contributed by atoms with E-state index in [0.29, 0.717) is 25.9 Å². The molecule has 0 bridgehead atoms. The van der Waals surface area contributed by atoms with Crippen molar-refractivity contribution in [3.63, 3.8) is 0 Å². The maximum absolute atomic E-state index is 12.1. The molecule has 1 fully saturated rings.